The Morgan fingerprint density at radius 2 is 2.11 bits per heavy atom. The summed E-state index contributed by atoms with van der Waals surface area (Å²) < 4.78 is 3.36. The maximum absolute atomic E-state index is 13.2. The molecule has 0 saturated carbocycles. The van der Waals surface area contributed by atoms with E-state index in [2.05, 4.69) is 38.4 Å². The molecule has 7 nitrogen and oxygen atoms in total. The summed E-state index contributed by atoms with van der Waals surface area (Å²) in [6.07, 6.45) is 2.94. The van der Waals surface area contributed by atoms with E-state index in [-0.39, 0.29) is 5.56 Å². The summed E-state index contributed by atoms with van der Waals surface area (Å²) in [4.78, 5) is 32.6. The average Bonchev–Trinajstić information content (AvgIpc) is 3.07. The van der Waals surface area contributed by atoms with Crippen LogP contribution in [0.1, 0.15) is 45.8 Å². The molecule has 0 radical (unpaired) electrons. The number of fused-ring (bicyclic) bond motifs is 3. The molecule has 0 spiro atoms. The number of aryl methyl sites for hydroxylation is 4. The molecule has 1 aliphatic carbocycles. The van der Waals surface area contributed by atoms with Crippen LogP contribution in [0.25, 0.3) is 10.2 Å². The highest BCUT2D eigenvalue weighted by Crippen LogP contribution is 2.35. The lowest BCUT2D eigenvalue weighted by atomic mass is 9.89. The van der Waals surface area contributed by atoms with Crippen molar-refractivity contribution in [1.29, 1.82) is 0 Å². The Morgan fingerprint density at radius 3 is 2.78 bits per heavy atom. The van der Waals surface area contributed by atoms with Gasteiger partial charge in [-0.15, -0.1) is 11.3 Å². The molecule has 3 aromatic rings. The van der Waals surface area contributed by atoms with E-state index in [1.807, 2.05) is 6.92 Å². The second kappa shape index (κ2) is 6.56. The van der Waals surface area contributed by atoms with Crippen molar-refractivity contribution in [1.82, 2.24) is 19.4 Å². The zero-order valence-electron chi connectivity index (χ0n) is 15.6. The van der Waals surface area contributed by atoms with Crippen molar-refractivity contribution >= 4 is 43.4 Å². The Kier molecular flexibility index (Phi) is 4.46. The molecule has 0 fully saturated rings. The third kappa shape index (κ3) is 2.93. The van der Waals surface area contributed by atoms with Crippen LogP contribution in [0.15, 0.2) is 9.27 Å². The number of carbonyl (C=O) groups is 1. The Hall–Kier alpha value is -2.00. The lowest BCUT2D eigenvalue weighted by Gasteiger charge is -2.17. The smallest absolute Gasteiger partial charge is 0.267 e. The van der Waals surface area contributed by atoms with E-state index in [0.29, 0.717) is 33.0 Å². The van der Waals surface area contributed by atoms with Crippen molar-refractivity contribution in [3.63, 3.8) is 0 Å². The molecule has 0 saturated heterocycles. The number of nitrogens with zero attached hydrogens (tertiary/aromatic N) is 4. The predicted molar refractivity (Wildman–Crippen MR) is 109 cm³/mol. The fraction of sp³-hybridized carbons (Fsp3) is 0.444. The van der Waals surface area contributed by atoms with Gasteiger partial charge in [-0.3, -0.25) is 19.7 Å². The highest BCUT2D eigenvalue weighted by molar-refractivity contribution is 9.10. The number of nitrogens with one attached hydrogen (secondary N) is 1. The molecule has 0 bridgehead atoms. The van der Waals surface area contributed by atoms with Crippen LogP contribution in [-0.4, -0.2) is 25.3 Å². The van der Waals surface area contributed by atoms with E-state index in [1.54, 1.807) is 25.3 Å². The van der Waals surface area contributed by atoms with E-state index in [4.69, 9.17) is 0 Å². The third-order valence-corrected chi connectivity index (χ3v) is 7.17. The van der Waals surface area contributed by atoms with Gasteiger partial charge in [0.2, 0.25) is 0 Å². The molecular weight excluding hydrogens is 430 g/mol. The summed E-state index contributed by atoms with van der Waals surface area (Å²) in [7, 11) is 1.69. The molecular formula is C18H20BrN5O2S. The second-order valence-corrected chi connectivity index (χ2v) is 9.02. The minimum atomic E-state index is -0.408. The van der Waals surface area contributed by atoms with Crippen LogP contribution in [0.3, 0.4) is 0 Å². The fourth-order valence-corrected chi connectivity index (χ4v) is 5.59. The predicted octanol–water partition coefficient (Wildman–Crippen LogP) is 3.08. The van der Waals surface area contributed by atoms with Crippen molar-refractivity contribution in [3.8, 4) is 0 Å². The number of aromatic nitrogens is 4. The molecule has 1 N–H and O–H groups in total. The van der Waals surface area contributed by atoms with Gasteiger partial charge in [-0.1, -0.05) is 6.92 Å². The van der Waals surface area contributed by atoms with E-state index >= 15 is 0 Å². The van der Waals surface area contributed by atoms with E-state index in [0.717, 1.165) is 29.7 Å². The number of carbonyl (C=O) groups excluding carboxylic acids is 1. The van der Waals surface area contributed by atoms with Gasteiger partial charge < -0.3 is 0 Å². The summed E-state index contributed by atoms with van der Waals surface area (Å²) >= 11 is 5.00. The summed E-state index contributed by atoms with van der Waals surface area (Å²) in [5.41, 5.74) is 4.66. The first-order valence-electron chi connectivity index (χ1n) is 8.82. The van der Waals surface area contributed by atoms with Gasteiger partial charge in [0.25, 0.3) is 11.5 Å². The summed E-state index contributed by atoms with van der Waals surface area (Å²) in [5, 5.41) is 4.88. The highest BCUT2D eigenvalue weighted by atomic mass is 79.9. The zero-order chi connectivity index (χ0) is 19.5. The van der Waals surface area contributed by atoms with E-state index < -0.39 is 5.91 Å². The van der Waals surface area contributed by atoms with Crippen LogP contribution in [0.5, 0.6) is 0 Å². The Labute approximate surface area is 168 Å². The van der Waals surface area contributed by atoms with Crippen LogP contribution >= 0.6 is 27.3 Å². The molecule has 1 amide bonds. The van der Waals surface area contributed by atoms with Crippen LogP contribution in [0.2, 0.25) is 0 Å². The van der Waals surface area contributed by atoms with Gasteiger partial charge in [0.1, 0.15) is 16.3 Å². The molecule has 3 heterocycles. The van der Waals surface area contributed by atoms with Gasteiger partial charge in [0.15, 0.2) is 0 Å². The van der Waals surface area contributed by atoms with E-state index in [1.165, 1.54) is 14.2 Å². The molecule has 9 heteroatoms. The van der Waals surface area contributed by atoms with Crippen molar-refractivity contribution in [2.75, 3.05) is 5.43 Å². The van der Waals surface area contributed by atoms with Gasteiger partial charge >= 0.3 is 0 Å². The molecule has 0 aromatic carbocycles. The molecule has 4 rings (SSSR count). The fourth-order valence-electron chi connectivity index (χ4n) is 3.66. The molecule has 1 atom stereocenters. The minimum Gasteiger partial charge on any atom is -0.267 e. The van der Waals surface area contributed by atoms with E-state index in [9.17, 15) is 9.59 Å². The topological polar surface area (TPSA) is 81.8 Å². The largest absolute Gasteiger partial charge is 0.289 e. The Morgan fingerprint density at radius 1 is 1.37 bits per heavy atom. The number of halogens is 1. The lowest BCUT2D eigenvalue weighted by molar-refractivity contribution is 0.0996. The quantitative estimate of drug-likeness (QED) is 0.651. The minimum absolute atomic E-state index is 0.215. The maximum atomic E-state index is 13.2. The average molecular weight is 450 g/mol. The normalized spacial score (nSPS) is 16.6. The monoisotopic (exact) mass is 449 g/mol. The van der Waals surface area contributed by atoms with Crippen LogP contribution in [0.4, 0.5) is 0 Å². The summed E-state index contributed by atoms with van der Waals surface area (Å²) in [6, 6.07) is 0. The van der Waals surface area contributed by atoms with Crippen LogP contribution < -0.4 is 11.0 Å². The third-order valence-electron chi connectivity index (χ3n) is 5.07. The maximum Gasteiger partial charge on any atom is 0.289 e. The number of rotatable bonds is 2. The standard InChI is InChI=1S/C18H20BrN5O2S/c1-8-5-6-11-12(7-8)27-17-13(11)18(26)24(10(3)20-17)22-16(25)15-14(19)9(2)21-23(15)4/h8H,5-7H2,1-4H3,(H,22,25)/t8-/m0/s1. The number of thiophene rings is 1. The molecule has 1 aliphatic rings. The molecule has 3 aromatic heterocycles. The second-order valence-electron chi connectivity index (χ2n) is 7.14. The van der Waals surface area contributed by atoms with Gasteiger partial charge in [0.05, 0.1) is 15.6 Å². The first kappa shape index (κ1) is 18.4. The Bertz CT molecular complexity index is 1140. The summed E-state index contributed by atoms with van der Waals surface area (Å²) in [5.74, 6) is 0.676. The molecule has 0 unspecified atom stereocenters. The first-order chi connectivity index (χ1) is 12.8. The van der Waals surface area contributed by atoms with Crippen molar-refractivity contribution in [3.05, 3.63) is 42.5 Å². The van der Waals surface area contributed by atoms with Crippen molar-refractivity contribution < 1.29 is 4.79 Å². The number of hydrogen-bond acceptors (Lipinski definition) is 5. The molecule has 27 heavy (non-hydrogen) atoms. The molecule has 0 aliphatic heterocycles. The van der Waals surface area contributed by atoms with Gasteiger partial charge in [0, 0.05) is 11.9 Å². The van der Waals surface area contributed by atoms with Crippen molar-refractivity contribution in [2.24, 2.45) is 13.0 Å². The van der Waals surface area contributed by atoms with Gasteiger partial charge in [-0.2, -0.15) is 5.10 Å². The van der Waals surface area contributed by atoms with Crippen molar-refractivity contribution in [2.45, 2.75) is 40.0 Å². The number of amides is 1. The van der Waals surface area contributed by atoms with Gasteiger partial charge in [-0.05, 0) is 60.5 Å². The SMILES string of the molecule is Cc1nn(C)c(C(=O)Nn2c(C)nc3sc4c(c3c2=O)CC[C@H](C)C4)c1Br. The van der Waals surface area contributed by atoms with Gasteiger partial charge in [-0.25, -0.2) is 9.66 Å². The lowest BCUT2D eigenvalue weighted by Crippen LogP contribution is -2.36. The number of hydrogen-bond donors (Lipinski definition) is 1. The Balaban J connectivity index is 1.80. The highest BCUT2D eigenvalue weighted by Gasteiger charge is 2.25. The zero-order valence-corrected chi connectivity index (χ0v) is 18.0. The molecule has 142 valence electrons. The first-order valence-corrected chi connectivity index (χ1v) is 10.4. The van der Waals surface area contributed by atoms with Crippen LogP contribution in [-0.2, 0) is 19.9 Å². The summed E-state index contributed by atoms with van der Waals surface area (Å²) in [6.45, 7) is 5.77. The van der Waals surface area contributed by atoms with Crippen LogP contribution in [0, 0.1) is 19.8 Å².